The maximum atomic E-state index is 5.85. The molecule has 1 heterocycles. The molecule has 0 aliphatic carbocycles. The summed E-state index contributed by atoms with van der Waals surface area (Å²) in [6.45, 7) is 3.58. The van der Waals surface area contributed by atoms with Gasteiger partial charge in [0, 0.05) is 12.2 Å². The number of methoxy groups -OCH3 is 1. The topological polar surface area (TPSA) is 48.1 Å². The summed E-state index contributed by atoms with van der Waals surface area (Å²) in [6.07, 6.45) is 3.25. The Morgan fingerprint density at radius 1 is 1.77 bits per heavy atom. The highest BCUT2D eigenvalue weighted by Gasteiger charge is 2.06. The number of nitrogens with zero attached hydrogens (tertiary/aromatic N) is 1. The number of hydrogen-bond acceptors (Lipinski definition) is 3. The third-order valence-corrected chi connectivity index (χ3v) is 1.93. The Balaban J connectivity index is 3.02. The van der Waals surface area contributed by atoms with Crippen molar-refractivity contribution in [1.82, 2.24) is 4.98 Å². The van der Waals surface area contributed by atoms with Crippen molar-refractivity contribution < 1.29 is 4.74 Å². The van der Waals surface area contributed by atoms with Gasteiger partial charge in [0.05, 0.1) is 7.11 Å². The Bertz CT molecular complexity index is 314. The first kappa shape index (κ1) is 10.0. The summed E-state index contributed by atoms with van der Waals surface area (Å²) in [6, 6.07) is 1.48. The summed E-state index contributed by atoms with van der Waals surface area (Å²) < 4.78 is 4.90. The number of nitrogens with two attached hydrogens (primary N) is 1. The molecule has 4 heteroatoms. The molecular weight excluding hydrogens is 188 g/mol. The third kappa shape index (κ3) is 2.20. The van der Waals surface area contributed by atoms with Gasteiger partial charge in [0.15, 0.2) is 0 Å². The van der Waals surface area contributed by atoms with Crippen LogP contribution in [0.3, 0.4) is 0 Å². The maximum absolute atomic E-state index is 5.85. The molecule has 3 nitrogen and oxygen atoms in total. The Labute approximate surface area is 82.2 Å². The summed E-state index contributed by atoms with van der Waals surface area (Å²) >= 11 is 5.85. The van der Waals surface area contributed by atoms with Crippen LogP contribution in [0.4, 0.5) is 0 Å². The van der Waals surface area contributed by atoms with Crippen LogP contribution in [0.25, 0.3) is 0 Å². The minimum absolute atomic E-state index is 0.240. The second-order valence-electron chi connectivity index (χ2n) is 2.52. The molecule has 13 heavy (non-hydrogen) atoms. The van der Waals surface area contributed by atoms with Crippen LogP contribution < -0.4 is 10.5 Å². The minimum Gasteiger partial charge on any atom is -0.480 e. The first-order valence-corrected chi connectivity index (χ1v) is 4.14. The first-order valence-electron chi connectivity index (χ1n) is 3.76. The van der Waals surface area contributed by atoms with Gasteiger partial charge < -0.3 is 10.5 Å². The van der Waals surface area contributed by atoms with E-state index in [-0.39, 0.29) is 6.04 Å². The van der Waals surface area contributed by atoms with Crippen LogP contribution in [0.5, 0.6) is 5.88 Å². The molecule has 1 unspecified atom stereocenters. The van der Waals surface area contributed by atoms with Crippen molar-refractivity contribution in [1.29, 1.82) is 0 Å². The van der Waals surface area contributed by atoms with E-state index in [1.54, 1.807) is 18.3 Å². The van der Waals surface area contributed by atoms with Gasteiger partial charge in [0.25, 0.3) is 0 Å². The number of aromatic nitrogens is 1. The lowest BCUT2D eigenvalue weighted by Gasteiger charge is -2.07. The van der Waals surface area contributed by atoms with E-state index in [1.165, 1.54) is 7.11 Å². The largest absolute Gasteiger partial charge is 0.480 e. The van der Waals surface area contributed by atoms with Crippen LogP contribution in [0.15, 0.2) is 24.9 Å². The molecule has 0 aliphatic heterocycles. The minimum atomic E-state index is -0.240. The van der Waals surface area contributed by atoms with Gasteiger partial charge >= 0.3 is 0 Å². The average Bonchev–Trinajstić information content (AvgIpc) is 2.16. The summed E-state index contributed by atoms with van der Waals surface area (Å²) in [5.41, 5.74) is 6.52. The Morgan fingerprint density at radius 3 is 2.92 bits per heavy atom. The fourth-order valence-corrected chi connectivity index (χ4v) is 1.16. The average molecular weight is 199 g/mol. The smallest absolute Gasteiger partial charge is 0.232 e. The molecule has 1 aromatic rings. The molecule has 70 valence electrons. The quantitative estimate of drug-likeness (QED) is 0.755. The van der Waals surface area contributed by atoms with Crippen LogP contribution in [0.1, 0.15) is 11.6 Å². The van der Waals surface area contributed by atoms with Crippen molar-refractivity contribution in [2.45, 2.75) is 6.04 Å². The summed E-state index contributed by atoms with van der Waals surface area (Å²) in [4.78, 5) is 3.98. The van der Waals surface area contributed by atoms with Crippen molar-refractivity contribution in [3.05, 3.63) is 35.5 Å². The monoisotopic (exact) mass is 198 g/mol. The first-order chi connectivity index (χ1) is 6.19. The fraction of sp³-hybridized carbons (Fsp3) is 0.222. The van der Waals surface area contributed by atoms with Crippen LogP contribution in [0.2, 0.25) is 5.02 Å². The molecule has 0 fully saturated rings. The molecule has 0 radical (unpaired) electrons. The Hall–Kier alpha value is -1.06. The van der Waals surface area contributed by atoms with Crippen LogP contribution >= 0.6 is 11.6 Å². The number of ether oxygens (including phenoxy) is 1. The van der Waals surface area contributed by atoms with Crippen molar-refractivity contribution in [2.24, 2.45) is 5.73 Å². The zero-order valence-electron chi connectivity index (χ0n) is 7.33. The number of rotatable bonds is 3. The lowest BCUT2D eigenvalue weighted by Crippen LogP contribution is -2.07. The van der Waals surface area contributed by atoms with Gasteiger partial charge in [-0.3, -0.25) is 0 Å². The number of pyridine rings is 1. The predicted octanol–water partition coefficient (Wildman–Crippen LogP) is 1.93. The zero-order chi connectivity index (χ0) is 9.84. The van der Waals surface area contributed by atoms with Crippen molar-refractivity contribution in [3.63, 3.8) is 0 Å². The SMILES string of the molecule is C=CC(N)c1cnc(OC)c(Cl)c1. The number of halogens is 1. The molecule has 0 amide bonds. The fourth-order valence-electron chi connectivity index (χ4n) is 0.909. The van der Waals surface area contributed by atoms with Gasteiger partial charge in [-0.15, -0.1) is 6.58 Å². The van der Waals surface area contributed by atoms with Gasteiger partial charge in [0.2, 0.25) is 5.88 Å². The van der Waals surface area contributed by atoms with Gasteiger partial charge in [0.1, 0.15) is 5.02 Å². The lowest BCUT2D eigenvalue weighted by atomic mass is 10.1. The van der Waals surface area contributed by atoms with Gasteiger partial charge in [-0.05, 0) is 11.6 Å². The molecule has 0 bridgehead atoms. The highest BCUT2D eigenvalue weighted by molar-refractivity contribution is 6.31. The lowest BCUT2D eigenvalue weighted by molar-refractivity contribution is 0.398. The second-order valence-corrected chi connectivity index (χ2v) is 2.93. The Kier molecular flexibility index (Phi) is 3.28. The van der Waals surface area contributed by atoms with E-state index >= 15 is 0 Å². The molecular formula is C9H11ClN2O. The third-order valence-electron chi connectivity index (χ3n) is 1.66. The molecule has 1 rings (SSSR count). The van der Waals surface area contributed by atoms with E-state index in [4.69, 9.17) is 22.1 Å². The normalized spacial score (nSPS) is 12.2. The van der Waals surface area contributed by atoms with Gasteiger partial charge in [-0.25, -0.2) is 4.98 Å². The molecule has 1 atom stereocenters. The van der Waals surface area contributed by atoms with E-state index in [0.717, 1.165) is 5.56 Å². The van der Waals surface area contributed by atoms with Crippen molar-refractivity contribution in [3.8, 4) is 5.88 Å². The van der Waals surface area contributed by atoms with E-state index in [2.05, 4.69) is 11.6 Å². The highest BCUT2D eigenvalue weighted by Crippen LogP contribution is 2.24. The maximum Gasteiger partial charge on any atom is 0.232 e. The van der Waals surface area contributed by atoms with E-state index in [9.17, 15) is 0 Å². The number of hydrogen-bond donors (Lipinski definition) is 1. The molecule has 0 saturated carbocycles. The van der Waals surface area contributed by atoms with E-state index in [0.29, 0.717) is 10.9 Å². The van der Waals surface area contributed by atoms with Gasteiger partial charge in [-0.2, -0.15) is 0 Å². The van der Waals surface area contributed by atoms with Crippen LogP contribution in [0, 0.1) is 0 Å². The Morgan fingerprint density at radius 2 is 2.46 bits per heavy atom. The molecule has 0 aliphatic rings. The van der Waals surface area contributed by atoms with Crippen molar-refractivity contribution >= 4 is 11.6 Å². The zero-order valence-corrected chi connectivity index (χ0v) is 8.08. The molecule has 1 aromatic heterocycles. The van der Waals surface area contributed by atoms with E-state index < -0.39 is 0 Å². The molecule has 0 aromatic carbocycles. The standard InChI is InChI=1S/C9H11ClN2O/c1-3-8(11)6-4-7(10)9(13-2)12-5-6/h3-5,8H,1,11H2,2H3. The summed E-state index contributed by atoms with van der Waals surface area (Å²) in [7, 11) is 1.52. The van der Waals surface area contributed by atoms with Crippen LogP contribution in [-0.2, 0) is 0 Å². The second kappa shape index (κ2) is 4.25. The van der Waals surface area contributed by atoms with Crippen molar-refractivity contribution in [2.75, 3.05) is 7.11 Å². The van der Waals surface area contributed by atoms with E-state index in [1.807, 2.05) is 0 Å². The van der Waals surface area contributed by atoms with Gasteiger partial charge in [-0.1, -0.05) is 17.7 Å². The summed E-state index contributed by atoms with van der Waals surface area (Å²) in [5, 5.41) is 0.456. The predicted molar refractivity (Wildman–Crippen MR) is 52.9 cm³/mol. The molecule has 0 saturated heterocycles. The molecule has 2 N–H and O–H groups in total. The highest BCUT2D eigenvalue weighted by atomic mass is 35.5. The summed E-state index contributed by atoms with van der Waals surface area (Å²) in [5.74, 6) is 0.404. The van der Waals surface area contributed by atoms with Crippen LogP contribution in [-0.4, -0.2) is 12.1 Å². The molecule has 0 spiro atoms.